The molecule has 302 valence electrons. The Labute approximate surface area is 333 Å². The van der Waals surface area contributed by atoms with Crippen molar-refractivity contribution in [2.45, 2.75) is 65.1 Å². The fourth-order valence-electron chi connectivity index (χ4n) is 7.01. The fraction of sp³-hybridized carbons (Fsp3) is 0.395. The molecule has 0 bridgehead atoms. The number of carbonyl (C=O) groups is 5. The molecule has 14 nitrogen and oxygen atoms in total. The Balaban J connectivity index is 1.21. The zero-order valence-electron chi connectivity index (χ0n) is 33.4. The Morgan fingerprint density at radius 1 is 0.860 bits per heavy atom. The molecule has 3 aromatic carbocycles. The van der Waals surface area contributed by atoms with Gasteiger partial charge in [0.15, 0.2) is 0 Å². The summed E-state index contributed by atoms with van der Waals surface area (Å²) in [5.74, 6) is -0.629. The molecule has 5 amide bonds. The third kappa shape index (κ3) is 10.4. The lowest BCUT2D eigenvalue weighted by molar-refractivity contribution is -0.136. The van der Waals surface area contributed by atoms with Gasteiger partial charge in [-0.3, -0.25) is 14.4 Å². The molecule has 4 aromatic rings. The summed E-state index contributed by atoms with van der Waals surface area (Å²) in [5, 5.41) is 8.31. The summed E-state index contributed by atoms with van der Waals surface area (Å²) in [6.45, 7) is 8.58. The van der Waals surface area contributed by atoms with Gasteiger partial charge in [-0.15, -0.1) is 0 Å². The van der Waals surface area contributed by atoms with Crippen molar-refractivity contribution in [3.05, 3.63) is 96.4 Å². The molecule has 0 unspecified atom stereocenters. The highest BCUT2D eigenvalue weighted by atomic mass is 16.5. The second-order valence-corrected chi connectivity index (χ2v) is 14.3. The van der Waals surface area contributed by atoms with E-state index in [9.17, 15) is 24.0 Å². The number of ether oxygens (including phenoxy) is 2. The third-order valence-electron chi connectivity index (χ3n) is 10.3. The van der Waals surface area contributed by atoms with Gasteiger partial charge in [0.25, 0.3) is 5.91 Å². The van der Waals surface area contributed by atoms with Gasteiger partial charge in [0.2, 0.25) is 11.8 Å². The van der Waals surface area contributed by atoms with E-state index in [0.29, 0.717) is 36.6 Å². The molecule has 0 spiro atoms. The summed E-state index contributed by atoms with van der Waals surface area (Å²) in [4.78, 5) is 76.1. The first-order valence-corrected chi connectivity index (χ1v) is 19.4. The summed E-state index contributed by atoms with van der Waals surface area (Å²) in [6.07, 6.45) is 2.47. The molecular weight excluding hydrogens is 727 g/mol. The van der Waals surface area contributed by atoms with Crippen molar-refractivity contribution >= 4 is 35.6 Å². The number of H-pyrrole nitrogens is 1. The number of carbonyl (C=O) groups excluding carboxylic acids is 5. The van der Waals surface area contributed by atoms with Crippen LogP contribution in [-0.4, -0.2) is 89.6 Å². The maximum absolute atomic E-state index is 13.9. The van der Waals surface area contributed by atoms with Crippen LogP contribution in [0.1, 0.15) is 70.4 Å². The number of benzene rings is 3. The molecule has 4 N–H and O–H groups in total. The van der Waals surface area contributed by atoms with Crippen LogP contribution in [0.5, 0.6) is 0 Å². The van der Waals surface area contributed by atoms with Gasteiger partial charge in [0, 0.05) is 25.3 Å². The van der Waals surface area contributed by atoms with Crippen LogP contribution in [-0.2, 0) is 23.9 Å². The molecule has 1 aliphatic rings. The van der Waals surface area contributed by atoms with Crippen molar-refractivity contribution in [2.75, 3.05) is 39.2 Å². The number of imidazole rings is 1. The number of hydrogen-bond acceptors (Lipinski definition) is 8. The van der Waals surface area contributed by atoms with Crippen LogP contribution < -0.4 is 16.0 Å². The summed E-state index contributed by atoms with van der Waals surface area (Å²) in [7, 11) is 2.52. The summed E-state index contributed by atoms with van der Waals surface area (Å²) in [6, 6.07) is 22.8. The van der Waals surface area contributed by atoms with Gasteiger partial charge < -0.3 is 40.2 Å². The highest BCUT2D eigenvalue weighted by molar-refractivity contribution is 5.94. The van der Waals surface area contributed by atoms with Gasteiger partial charge in [-0.25, -0.2) is 14.6 Å². The number of anilines is 1. The normalized spacial score (nSPS) is 15.3. The number of likely N-dealkylation sites (tertiary alicyclic amines) is 1. The average Bonchev–Trinajstić information content (AvgIpc) is 3.93. The molecule has 5 rings (SSSR count). The number of hydrogen-bond donors (Lipinski definition) is 4. The number of nitrogens with one attached hydrogen (secondary N) is 4. The maximum atomic E-state index is 13.9. The number of aromatic nitrogens is 2. The number of alkyl carbamates (subject to hydrolysis) is 2. The van der Waals surface area contributed by atoms with Gasteiger partial charge in [0.1, 0.15) is 17.9 Å². The number of amides is 5. The Morgan fingerprint density at radius 2 is 1.47 bits per heavy atom. The van der Waals surface area contributed by atoms with Gasteiger partial charge in [-0.05, 0) is 66.5 Å². The predicted octanol–water partition coefficient (Wildman–Crippen LogP) is 6.70. The molecule has 0 radical (unpaired) electrons. The minimum absolute atomic E-state index is 0.168. The van der Waals surface area contributed by atoms with E-state index in [0.717, 1.165) is 35.2 Å². The van der Waals surface area contributed by atoms with Crippen LogP contribution in [0.2, 0.25) is 0 Å². The van der Waals surface area contributed by atoms with E-state index in [2.05, 4.69) is 25.9 Å². The van der Waals surface area contributed by atoms with Gasteiger partial charge in [-0.2, -0.15) is 0 Å². The minimum atomic E-state index is -0.893. The summed E-state index contributed by atoms with van der Waals surface area (Å²) in [5.41, 5.74) is 5.00. The molecular formula is C43H53N7O7. The molecule has 1 fully saturated rings. The van der Waals surface area contributed by atoms with E-state index in [-0.39, 0.29) is 36.2 Å². The van der Waals surface area contributed by atoms with Crippen LogP contribution in [0, 0.1) is 11.8 Å². The number of rotatable bonds is 15. The number of methoxy groups -OCH3 is 2. The average molecular weight is 780 g/mol. The Morgan fingerprint density at radius 3 is 2.07 bits per heavy atom. The minimum Gasteiger partial charge on any atom is -0.453 e. The molecule has 0 saturated carbocycles. The van der Waals surface area contributed by atoms with Crippen molar-refractivity contribution in [1.29, 1.82) is 0 Å². The number of nitrogens with zero attached hydrogens (tertiary/aromatic N) is 3. The Bertz CT molecular complexity index is 1980. The largest absolute Gasteiger partial charge is 0.453 e. The number of likely N-dealkylation sites (N-methyl/N-ethyl adjacent to an activating group) is 1. The quantitative estimate of drug-likeness (QED) is 0.103. The Kier molecular flexibility index (Phi) is 14.4. The molecule has 1 aromatic heterocycles. The van der Waals surface area contributed by atoms with Crippen LogP contribution in [0.4, 0.5) is 15.3 Å². The summed E-state index contributed by atoms with van der Waals surface area (Å²) >= 11 is 0. The molecule has 4 atom stereocenters. The molecule has 14 heteroatoms. The van der Waals surface area contributed by atoms with Crippen molar-refractivity contribution in [3.63, 3.8) is 0 Å². The lowest BCUT2D eigenvalue weighted by Crippen LogP contribution is -2.52. The monoisotopic (exact) mass is 779 g/mol. The summed E-state index contributed by atoms with van der Waals surface area (Å²) < 4.78 is 9.51. The van der Waals surface area contributed by atoms with Crippen LogP contribution in [0.15, 0.2) is 85.1 Å². The van der Waals surface area contributed by atoms with E-state index in [1.165, 1.54) is 14.2 Å². The van der Waals surface area contributed by atoms with Gasteiger partial charge in [0.05, 0.1) is 38.1 Å². The lowest BCUT2D eigenvalue weighted by atomic mass is 10.00. The second-order valence-electron chi connectivity index (χ2n) is 14.3. The second kappa shape index (κ2) is 19.6. The fourth-order valence-corrected chi connectivity index (χ4v) is 7.01. The lowest BCUT2D eigenvalue weighted by Gasteiger charge is -2.31. The first kappa shape index (κ1) is 42.0. The Hall–Kier alpha value is -6.18. The van der Waals surface area contributed by atoms with Crippen molar-refractivity contribution in [2.24, 2.45) is 11.8 Å². The van der Waals surface area contributed by atoms with Crippen LogP contribution in [0.3, 0.4) is 0 Å². The number of aromatic amines is 1. The van der Waals surface area contributed by atoms with E-state index < -0.39 is 30.2 Å². The predicted molar refractivity (Wildman–Crippen MR) is 217 cm³/mol. The zero-order chi connectivity index (χ0) is 41.1. The van der Waals surface area contributed by atoms with Crippen LogP contribution >= 0.6 is 0 Å². The molecule has 0 aliphatic carbocycles. The highest BCUT2D eigenvalue weighted by Crippen LogP contribution is 2.34. The van der Waals surface area contributed by atoms with Crippen molar-refractivity contribution in [1.82, 2.24) is 30.4 Å². The van der Waals surface area contributed by atoms with E-state index in [1.807, 2.05) is 94.4 Å². The first-order chi connectivity index (χ1) is 27.5. The van der Waals surface area contributed by atoms with E-state index in [4.69, 9.17) is 9.47 Å². The maximum Gasteiger partial charge on any atom is 0.407 e. The topological polar surface area (TPSA) is 175 Å². The van der Waals surface area contributed by atoms with Crippen molar-refractivity contribution in [3.8, 4) is 22.4 Å². The first-order valence-electron chi connectivity index (χ1n) is 19.4. The SMILES string of the molecule is CC[C@@H](CN(CC)C(=O)[C@@H](NC(=O)OC)C(C)C)C(=O)Nc1ccc(-c2ccc(-c3cnc([C@@H]4CCCN4C(=O)[C@H](NC(=O)OC)c4ccccc4)[nH]3)cc2)cc1. The highest BCUT2D eigenvalue weighted by Gasteiger charge is 2.37. The van der Waals surface area contributed by atoms with Gasteiger partial charge >= 0.3 is 12.2 Å². The molecule has 1 saturated heterocycles. The molecule has 2 heterocycles. The zero-order valence-corrected chi connectivity index (χ0v) is 33.4. The third-order valence-corrected chi connectivity index (χ3v) is 10.3. The van der Waals surface area contributed by atoms with E-state index in [1.54, 1.807) is 28.1 Å². The standard InChI is InChI=1S/C43H53N7O7/c1-7-28(26-49(8-2)40(52)36(27(3)4)47-42(54)56-5)39(51)45-33-22-20-30(21-23-33)29-16-18-31(19-17-29)34-25-44-38(46-34)35-15-12-24-50(35)41(53)37(48-43(55)57-6)32-13-10-9-11-14-32/h9-11,13-14,16-23,25,27-28,35-37H,7-8,12,15,24,26H2,1-6H3,(H,44,46)(H,45,51)(H,47,54)(H,48,55)/t28-,35-,36-,37+/m0/s1. The van der Waals surface area contributed by atoms with Gasteiger partial charge in [-0.1, -0.05) is 87.5 Å². The van der Waals surface area contributed by atoms with Crippen molar-refractivity contribution < 1.29 is 33.4 Å². The molecule has 1 aliphatic heterocycles. The van der Waals surface area contributed by atoms with Crippen LogP contribution in [0.25, 0.3) is 22.4 Å². The molecule has 57 heavy (non-hydrogen) atoms. The smallest absolute Gasteiger partial charge is 0.407 e. The van der Waals surface area contributed by atoms with E-state index >= 15 is 0 Å².